The molecule has 0 spiro atoms. The topological polar surface area (TPSA) is 50.4 Å². The van der Waals surface area contributed by atoms with Gasteiger partial charge in [0.15, 0.2) is 0 Å². The number of fused-ring (bicyclic) bond motifs is 2. The Morgan fingerprint density at radius 3 is 2.57 bits per heavy atom. The first-order valence-electron chi connectivity index (χ1n) is 6.59. The van der Waals surface area contributed by atoms with E-state index in [4.69, 9.17) is 5.73 Å². The number of nitrogens with zero attached hydrogens (tertiary/aromatic N) is 1. The predicted molar refractivity (Wildman–Crippen MR) is 89.1 cm³/mol. The quantitative estimate of drug-likeness (QED) is 0.637. The van der Waals surface area contributed by atoms with Crippen LogP contribution >= 0.6 is 12.4 Å². The Hall–Kier alpha value is -2.07. The van der Waals surface area contributed by atoms with E-state index in [1.54, 1.807) is 12.3 Å². The van der Waals surface area contributed by atoms with Crippen LogP contribution in [0.15, 0.2) is 35.3 Å². The molecule has 5 heteroatoms. The van der Waals surface area contributed by atoms with Crippen molar-refractivity contribution < 1.29 is 4.39 Å². The van der Waals surface area contributed by atoms with E-state index in [0.717, 1.165) is 28.2 Å². The van der Waals surface area contributed by atoms with Crippen molar-refractivity contribution >= 4 is 41.4 Å². The van der Waals surface area contributed by atoms with Crippen LogP contribution in [0.1, 0.15) is 30.9 Å². The standard InChI is InChI=1S/C16H16FN3.ClH/c1-9(2)11-4-6-13-12(16(11)18)8-19-15-7-10(17)3-5-14(15)20-13;/h3-9,20H,18H2,1-2H3;1H. The molecule has 0 bridgehead atoms. The van der Waals surface area contributed by atoms with Gasteiger partial charge in [-0.05, 0) is 29.7 Å². The monoisotopic (exact) mass is 305 g/mol. The third kappa shape index (κ3) is 2.72. The Balaban J connectivity index is 0.00000161. The van der Waals surface area contributed by atoms with Gasteiger partial charge in [0, 0.05) is 29.2 Å². The lowest BCUT2D eigenvalue weighted by atomic mass is 9.97. The summed E-state index contributed by atoms with van der Waals surface area (Å²) in [6, 6.07) is 8.52. The van der Waals surface area contributed by atoms with Gasteiger partial charge in [-0.3, -0.25) is 4.99 Å². The second-order valence-corrected chi connectivity index (χ2v) is 5.23. The first kappa shape index (κ1) is 15.3. The molecule has 0 saturated carbocycles. The maximum absolute atomic E-state index is 13.3. The van der Waals surface area contributed by atoms with Gasteiger partial charge in [-0.2, -0.15) is 0 Å². The zero-order chi connectivity index (χ0) is 14.3. The van der Waals surface area contributed by atoms with E-state index in [1.807, 2.05) is 12.1 Å². The molecule has 0 atom stereocenters. The van der Waals surface area contributed by atoms with Crippen LogP contribution in [0.3, 0.4) is 0 Å². The van der Waals surface area contributed by atoms with E-state index in [2.05, 4.69) is 24.2 Å². The molecular formula is C16H17ClFN3. The number of nitrogens with two attached hydrogens (primary N) is 1. The van der Waals surface area contributed by atoms with Crippen LogP contribution in [0.4, 0.5) is 27.1 Å². The van der Waals surface area contributed by atoms with Gasteiger partial charge in [-0.1, -0.05) is 19.9 Å². The number of aliphatic imine (C=N–C) groups is 1. The summed E-state index contributed by atoms with van der Waals surface area (Å²) in [5, 5.41) is 3.27. The molecule has 0 aliphatic carbocycles. The number of hydrogen-bond acceptors (Lipinski definition) is 3. The van der Waals surface area contributed by atoms with Crippen molar-refractivity contribution in [2.24, 2.45) is 4.99 Å². The maximum Gasteiger partial charge on any atom is 0.125 e. The van der Waals surface area contributed by atoms with E-state index in [1.165, 1.54) is 12.1 Å². The smallest absolute Gasteiger partial charge is 0.125 e. The van der Waals surface area contributed by atoms with Gasteiger partial charge in [-0.25, -0.2) is 4.39 Å². The van der Waals surface area contributed by atoms with Crippen molar-refractivity contribution in [1.82, 2.24) is 0 Å². The van der Waals surface area contributed by atoms with Gasteiger partial charge in [0.2, 0.25) is 0 Å². The molecule has 2 aromatic rings. The lowest BCUT2D eigenvalue weighted by Gasteiger charge is -2.15. The van der Waals surface area contributed by atoms with Gasteiger partial charge in [0.1, 0.15) is 5.82 Å². The summed E-state index contributed by atoms with van der Waals surface area (Å²) in [6.07, 6.45) is 1.70. The van der Waals surface area contributed by atoms with Gasteiger partial charge in [0.05, 0.1) is 11.4 Å². The highest BCUT2D eigenvalue weighted by molar-refractivity contribution is 6.00. The Labute approximate surface area is 129 Å². The third-order valence-corrected chi connectivity index (χ3v) is 3.50. The third-order valence-electron chi connectivity index (χ3n) is 3.50. The molecule has 0 fully saturated rings. The highest BCUT2D eigenvalue weighted by atomic mass is 35.5. The van der Waals surface area contributed by atoms with Crippen LogP contribution in [-0.2, 0) is 0 Å². The molecule has 0 unspecified atom stereocenters. The van der Waals surface area contributed by atoms with Crippen molar-refractivity contribution in [1.29, 1.82) is 0 Å². The van der Waals surface area contributed by atoms with Crippen LogP contribution < -0.4 is 11.1 Å². The number of halogens is 2. The fraction of sp³-hybridized carbons (Fsp3) is 0.188. The largest absolute Gasteiger partial charge is 0.398 e. The number of anilines is 3. The molecule has 3 nitrogen and oxygen atoms in total. The normalized spacial score (nSPS) is 12.0. The van der Waals surface area contributed by atoms with Crippen molar-refractivity contribution in [3.63, 3.8) is 0 Å². The van der Waals surface area contributed by atoms with Crippen LogP contribution in [0.5, 0.6) is 0 Å². The average molecular weight is 306 g/mol. The summed E-state index contributed by atoms with van der Waals surface area (Å²) >= 11 is 0. The SMILES string of the molecule is CC(C)c1ccc2c(c1N)C=Nc1cc(F)ccc1N2.Cl. The second kappa shape index (κ2) is 5.74. The summed E-state index contributed by atoms with van der Waals surface area (Å²) < 4.78 is 13.3. The highest BCUT2D eigenvalue weighted by Crippen LogP contribution is 2.37. The fourth-order valence-electron chi connectivity index (χ4n) is 2.40. The number of nitrogens with one attached hydrogen (secondary N) is 1. The molecule has 0 aromatic heterocycles. The zero-order valence-corrected chi connectivity index (χ0v) is 12.7. The molecule has 1 heterocycles. The Kier molecular flexibility index (Phi) is 4.19. The number of hydrogen-bond donors (Lipinski definition) is 2. The van der Waals surface area contributed by atoms with Crippen LogP contribution in [0, 0.1) is 5.82 Å². The second-order valence-electron chi connectivity index (χ2n) is 5.23. The molecule has 110 valence electrons. The number of nitrogen functional groups attached to an aromatic ring is 1. The van der Waals surface area contributed by atoms with Gasteiger partial charge in [-0.15, -0.1) is 12.4 Å². The van der Waals surface area contributed by atoms with Gasteiger partial charge >= 0.3 is 0 Å². The van der Waals surface area contributed by atoms with Crippen LogP contribution in [-0.4, -0.2) is 6.21 Å². The summed E-state index contributed by atoms with van der Waals surface area (Å²) in [5.41, 5.74) is 11.1. The summed E-state index contributed by atoms with van der Waals surface area (Å²) in [5.74, 6) is 0.0428. The average Bonchev–Trinajstić information content (AvgIpc) is 2.58. The minimum Gasteiger partial charge on any atom is -0.398 e. The van der Waals surface area contributed by atoms with Crippen molar-refractivity contribution in [3.05, 3.63) is 47.3 Å². The summed E-state index contributed by atoms with van der Waals surface area (Å²) in [7, 11) is 0. The Bertz CT molecular complexity index is 711. The molecule has 1 aliphatic rings. The van der Waals surface area contributed by atoms with E-state index in [-0.39, 0.29) is 18.2 Å². The molecule has 3 N–H and O–H groups in total. The van der Waals surface area contributed by atoms with Crippen LogP contribution in [0.2, 0.25) is 0 Å². The van der Waals surface area contributed by atoms with Crippen molar-refractivity contribution in [2.75, 3.05) is 11.1 Å². The van der Waals surface area contributed by atoms with E-state index >= 15 is 0 Å². The molecule has 1 aliphatic heterocycles. The molecule has 2 aromatic carbocycles. The molecule has 3 rings (SSSR count). The molecule has 0 amide bonds. The first-order valence-corrected chi connectivity index (χ1v) is 6.59. The lowest BCUT2D eigenvalue weighted by molar-refractivity contribution is 0.628. The fourth-order valence-corrected chi connectivity index (χ4v) is 2.40. The lowest BCUT2D eigenvalue weighted by Crippen LogP contribution is -2.04. The number of benzene rings is 2. The maximum atomic E-state index is 13.3. The van der Waals surface area contributed by atoms with Crippen LogP contribution in [0.25, 0.3) is 0 Å². The molecular weight excluding hydrogens is 289 g/mol. The van der Waals surface area contributed by atoms with Crippen molar-refractivity contribution in [2.45, 2.75) is 19.8 Å². The number of rotatable bonds is 1. The Morgan fingerprint density at radius 2 is 1.86 bits per heavy atom. The Morgan fingerprint density at radius 1 is 1.14 bits per heavy atom. The molecule has 21 heavy (non-hydrogen) atoms. The van der Waals surface area contributed by atoms with E-state index in [0.29, 0.717) is 11.6 Å². The summed E-state index contributed by atoms with van der Waals surface area (Å²) in [4.78, 5) is 4.34. The van der Waals surface area contributed by atoms with E-state index < -0.39 is 0 Å². The highest BCUT2D eigenvalue weighted by Gasteiger charge is 2.15. The minimum absolute atomic E-state index is 0. The zero-order valence-electron chi connectivity index (χ0n) is 11.9. The molecule has 0 saturated heterocycles. The molecule has 0 radical (unpaired) electrons. The van der Waals surface area contributed by atoms with Gasteiger partial charge < -0.3 is 11.1 Å². The van der Waals surface area contributed by atoms with Gasteiger partial charge in [0.25, 0.3) is 0 Å². The van der Waals surface area contributed by atoms with Crippen molar-refractivity contribution in [3.8, 4) is 0 Å². The van der Waals surface area contributed by atoms with E-state index in [9.17, 15) is 4.39 Å². The first-order chi connectivity index (χ1) is 9.56. The predicted octanol–water partition coefficient (Wildman–Crippen LogP) is 4.76. The summed E-state index contributed by atoms with van der Waals surface area (Å²) in [6.45, 7) is 4.20. The minimum atomic E-state index is -0.301.